The van der Waals surface area contributed by atoms with Gasteiger partial charge in [0.1, 0.15) is 5.41 Å². The highest BCUT2D eigenvalue weighted by molar-refractivity contribution is 5.77. The molecule has 98 valence electrons. The molecule has 0 spiro atoms. The fourth-order valence-corrected chi connectivity index (χ4v) is 2.44. The molecule has 0 radical (unpaired) electrons. The Hall–Kier alpha value is -1.39. The average Bonchev–Trinajstić information content (AvgIpc) is 2.33. The van der Waals surface area contributed by atoms with Crippen LogP contribution in [0, 0.1) is 5.41 Å². The molecule has 1 aromatic carbocycles. The first-order valence-electron chi connectivity index (χ1n) is 6.21. The van der Waals surface area contributed by atoms with E-state index in [2.05, 4.69) is 24.4 Å². The molecule has 1 heterocycles. The summed E-state index contributed by atoms with van der Waals surface area (Å²) >= 11 is 0. The molecule has 1 aromatic rings. The zero-order valence-corrected chi connectivity index (χ0v) is 10.8. The van der Waals surface area contributed by atoms with Crippen LogP contribution in [0.15, 0.2) is 24.3 Å². The summed E-state index contributed by atoms with van der Waals surface area (Å²) in [5, 5.41) is 12.5. The van der Waals surface area contributed by atoms with E-state index in [9.17, 15) is 9.90 Å². The Labute approximate surface area is 107 Å². The SMILES string of the molecule is CCc1ccc(C(NC)C2(C(=O)O)COC2)cc1. The maximum atomic E-state index is 11.5. The minimum absolute atomic E-state index is 0.213. The third-order valence-corrected chi connectivity index (χ3v) is 3.71. The second-order valence-electron chi connectivity index (χ2n) is 4.77. The first kappa shape index (κ1) is 13.1. The second-order valence-corrected chi connectivity index (χ2v) is 4.77. The van der Waals surface area contributed by atoms with Crippen LogP contribution in [0.25, 0.3) is 0 Å². The number of nitrogens with one attached hydrogen (secondary N) is 1. The van der Waals surface area contributed by atoms with Gasteiger partial charge < -0.3 is 15.2 Å². The summed E-state index contributed by atoms with van der Waals surface area (Å²) in [6.07, 6.45) is 0.984. The summed E-state index contributed by atoms with van der Waals surface area (Å²) in [6, 6.07) is 7.89. The fraction of sp³-hybridized carbons (Fsp3) is 0.500. The van der Waals surface area contributed by atoms with Crippen molar-refractivity contribution in [1.29, 1.82) is 0 Å². The van der Waals surface area contributed by atoms with Gasteiger partial charge in [0, 0.05) is 0 Å². The Morgan fingerprint density at radius 2 is 2.06 bits per heavy atom. The van der Waals surface area contributed by atoms with Gasteiger partial charge in [-0.2, -0.15) is 0 Å². The number of aliphatic carboxylic acids is 1. The molecule has 0 amide bonds. The van der Waals surface area contributed by atoms with Crippen LogP contribution in [-0.4, -0.2) is 31.3 Å². The maximum absolute atomic E-state index is 11.5. The first-order chi connectivity index (χ1) is 8.64. The monoisotopic (exact) mass is 249 g/mol. The average molecular weight is 249 g/mol. The topological polar surface area (TPSA) is 58.6 Å². The molecule has 1 aliphatic rings. The molecule has 0 aromatic heterocycles. The number of hydrogen-bond acceptors (Lipinski definition) is 3. The van der Waals surface area contributed by atoms with E-state index < -0.39 is 11.4 Å². The van der Waals surface area contributed by atoms with E-state index in [0.29, 0.717) is 0 Å². The molecule has 0 aliphatic carbocycles. The van der Waals surface area contributed by atoms with Gasteiger partial charge >= 0.3 is 5.97 Å². The summed E-state index contributed by atoms with van der Waals surface area (Å²) in [7, 11) is 1.79. The highest BCUT2D eigenvalue weighted by atomic mass is 16.5. The number of aryl methyl sites for hydroxylation is 1. The smallest absolute Gasteiger partial charge is 0.316 e. The van der Waals surface area contributed by atoms with Crippen LogP contribution < -0.4 is 5.32 Å². The van der Waals surface area contributed by atoms with E-state index in [0.717, 1.165) is 12.0 Å². The lowest BCUT2D eigenvalue weighted by Crippen LogP contribution is -2.56. The van der Waals surface area contributed by atoms with Crippen molar-refractivity contribution in [2.75, 3.05) is 20.3 Å². The van der Waals surface area contributed by atoms with Crippen LogP contribution in [0.1, 0.15) is 24.1 Å². The highest BCUT2D eigenvalue weighted by Crippen LogP contribution is 2.40. The Kier molecular flexibility index (Phi) is 3.68. The van der Waals surface area contributed by atoms with Gasteiger partial charge in [-0.05, 0) is 24.6 Å². The molecule has 4 nitrogen and oxygen atoms in total. The fourth-order valence-electron chi connectivity index (χ4n) is 2.44. The zero-order chi connectivity index (χ0) is 13.2. The molecular formula is C14H19NO3. The predicted octanol–water partition coefficient (Wildman–Crippen LogP) is 1.61. The van der Waals surface area contributed by atoms with E-state index in [-0.39, 0.29) is 19.3 Å². The van der Waals surface area contributed by atoms with Crippen LogP contribution in [0.3, 0.4) is 0 Å². The van der Waals surface area contributed by atoms with Crippen molar-refractivity contribution in [1.82, 2.24) is 5.32 Å². The third-order valence-electron chi connectivity index (χ3n) is 3.71. The molecule has 18 heavy (non-hydrogen) atoms. The lowest BCUT2D eigenvalue weighted by atomic mass is 9.75. The van der Waals surface area contributed by atoms with Crippen molar-refractivity contribution in [3.63, 3.8) is 0 Å². The van der Waals surface area contributed by atoms with Gasteiger partial charge in [0.25, 0.3) is 0 Å². The summed E-state index contributed by atoms with van der Waals surface area (Å²) in [5.41, 5.74) is 1.42. The Bertz CT molecular complexity index is 423. The maximum Gasteiger partial charge on any atom is 0.316 e. The molecule has 0 saturated carbocycles. The molecular weight excluding hydrogens is 230 g/mol. The molecule has 2 rings (SSSR count). The van der Waals surface area contributed by atoms with Crippen LogP contribution in [0.2, 0.25) is 0 Å². The van der Waals surface area contributed by atoms with Gasteiger partial charge in [-0.3, -0.25) is 4.79 Å². The third kappa shape index (κ3) is 2.02. The van der Waals surface area contributed by atoms with Crippen molar-refractivity contribution in [2.24, 2.45) is 5.41 Å². The Morgan fingerprint density at radius 1 is 1.44 bits per heavy atom. The molecule has 1 unspecified atom stereocenters. The quantitative estimate of drug-likeness (QED) is 0.832. The summed E-state index contributed by atoms with van der Waals surface area (Å²) < 4.78 is 5.13. The van der Waals surface area contributed by atoms with Gasteiger partial charge in [-0.25, -0.2) is 0 Å². The standard InChI is InChI=1S/C14H19NO3/c1-3-10-4-6-11(7-5-10)12(15-2)14(13(16)17)8-18-9-14/h4-7,12,15H,3,8-9H2,1-2H3,(H,16,17). The zero-order valence-electron chi connectivity index (χ0n) is 10.8. The predicted molar refractivity (Wildman–Crippen MR) is 68.5 cm³/mol. The molecule has 1 fully saturated rings. The van der Waals surface area contributed by atoms with Crippen molar-refractivity contribution in [2.45, 2.75) is 19.4 Å². The largest absolute Gasteiger partial charge is 0.481 e. The van der Waals surface area contributed by atoms with Gasteiger partial charge in [0.2, 0.25) is 0 Å². The van der Waals surface area contributed by atoms with Crippen molar-refractivity contribution in [3.8, 4) is 0 Å². The van der Waals surface area contributed by atoms with Crippen LogP contribution in [0.5, 0.6) is 0 Å². The number of carboxylic acid groups (broad SMARTS) is 1. The van der Waals surface area contributed by atoms with Crippen LogP contribution in [-0.2, 0) is 16.0 Å². The Balaban J connectivity index is 2.29. The molecule has 2 N–H and O–H groups in total. The molecule has 1 saturated heterocycles. The summed E-state index contributed by atoms with van der Waals surface area (Å²) in [5.74, 6) is -0.798. The normalized spacial score (nSPS) is 19.0. The van der Waals surface area contributed by atoms with Crippen LogP contribution >= 0.6 is 0 Å². The van der Waals surface area contributed by atoms with E-state index in [1.165, 1.54) is 5.56 Å². The van der Waals surface area contributed by atoms with Gasteiger partial charge in [-0.15, -0.1) is 0 Å². The lowest BCUT2D eigenvalue weighted by Gasteiger charge is -2.43. The number of carbonyl (C=O) groups is 1. The van der Waals surface area contributed by atoms with Gasteiger partial charge in [0.05, 0.1) is 19.3 Å². The number of rotatable bonds is 5. The van der Waals surface area contributed by atoms with E-state index in [4.69, 9.17) is 4.74 Å². The van der Waals surface area contributed by atoms with E-state index in [1.807, 2.05) is 12.1 Å². The lowest BCUT2D eigenvalue weighted by molar-refractivity contribution is -0.186. The minimum atomic E-state index is -0.831. The summed E-state index contributed by atoms with van der Waals surface area (Å²) in [4.78, 5) is 11.5. The van der Waals surface area contributed by atoms with E-state index in [1.54, 1.807) is 7.05 Å². The number of hydrogen-bond donors (Lipinski definition) is 2. The molecule has 4 heteroatoms. The number of ether oxygens (including phenoxy) is 1. The first-order valence-corrected chi connectivity index (χ1v) is 6.21. The molecule has 1 atom stereocenters. The minimum Gasteiger partial charge on any atom is -0.481 e. The van der Waals surface area contributed by atoms with Crippen LogP contribution in [0.4, 0.5) is 0 Å². The van der Waals surface area contributed by atoms with Crippen molar-refractivity contribution in [3.05, 3.63) is 35.4 Å². The number of benzene rings is 1. The van der Waals surface area contributed by atoms with Crippen molar-refractivity contribution >= 4 is 5.97 Å². The van der Waals surface area contributed by atoms with E-state index >= 15 is 0 Å². The van der Waals surface area contributed by atoms with Crippen molar-refractivity contribution < 1.29 is 14.6 Å². The number of carboxylic acids is 1. The molecule has 1 aliphatic heterocycles. The second kappa shape index (κ2) is 5.08. The molecule has 0 bridgehead atoms. The summed E-state index contributed by atoms with van der Waals surface area (Å²) in [6.45, 7) is 2.63. The van der Waals surface area contributed by atoms with Gasteiger partial charge in [0.15, 0.2) is 0 Å². The Morgan fingerprint density at radius 3 is 2.39 bits per heavy atom. The van der Waals surface area contributed by atoms with Gasteiger partial charge in [-0.1, -0.05) is 31.2 Å². The highest BCUT2D eigenvalue weighted by Gasteiger charge is 2.52.